The van der Waals surface area contributed by atoms with Crippen LogP contribution in [0.3, 0.4) is 0 Å². The highest BCUT2D eigenvalue weighted by atomic mass is 16.6. The number of hydrogen-bond acceptors (Lipinski definition) is 10. The van der Waals surface area contributed by atoms with Crippen LogP contribution in [0, 0.1) is 46.3 Å². The molecular weight excluding hydrogens is 580 g/mol. The molecule has 10 heteroatoms. The van der Waals surface area contributed by atoms with Gasteiger partial charge in [0, 0.05) is 24.0 Å². The Morgan fingerprint density at radius 2 is 1.13 bits per heavy atom. The quantitative estimate of drug-likeness (QED) is 0.245. The summed E-state index contributed by atoms with van der Waals surface area (Å²) in [6.45, 7) is 15.3. The maximum absolute atomic E-state index is 13.3. The molecule has 0 N–H and O–H groups in total. The third kappa shape index (κ3) is 4.65. The molecule has 0 unspecified atom stereocenters. The summed E-state index contributed by atoms with van der Waals surface area (Å²) >= 11 is 0. The molecule has 4 aliphatic carbocycles. The van der Waals surface area contributed by atoms with E-state index >= 15 is 0 Å². The lowest BCUT2D eigenvalue weighted by atomic mass is 9.67. The minimum absolute atomic E-state index is 0.00556. The summed E-state index contributed by atoms with van der Waals surface area (Å²) < 4.78 is 23.2. The van der Waals surface area contributed by atoms with Gasteiger partial charge in [0.1, 0.15) is 24.4 Å². The van der Waals surface area contributed by atoms with Gasteiger partial charge in [0.15, 0.2) is 11.6 Å². The van der Waals surface area contributed by atoms with Crippen LogP contribution in [0.5, 0.6) is 0 Å². The second-order valence-electron chi connectivity index (χ2n) is 14.2. The maximum Gasteiger partial charge on any atom is 0.334 e. The van der Waals surface area contributed by atoms with E-state index in [1.54, 1.807) is 13.8 Å². The van der Waals surface area contributed by atoms with Crippen LogP contribution in [0.25, 0.3) is 0 Å². The first-order chi connectivity index (χ1) is 21.2. The zero-order valence-corrected chi connectivity index (χ0v) is 26.1. The van der Waals surface area contributed by atoms with Gasteiger partial charge in [0.2, 0.25) is 0 Å². The summed E-state index contributed by atoms with van der Waals surface area (Å²) in [6, 6.07) is 0. The Labute approximate surface area is 262 Å². The second-order valence-corrected chi connectivity index (χ2v) is 14.2. The first kappa shape index (κ1) is 31.2. The van der Waals surface area contributed by atoms with Gasteiger partial charge in [-0.05, 0) is 68.9 Å². The van der Waals surface area contributed by atoms with Crippen molar-refractivity contribution in [2.24, 2.45) is 46.3 Å². The number of ketones is 2. The molecule has 6 rings (SSSR count). The highest BCUT2D eigenvalue weighted by molar-refractivity contribution is 6.00. The molecule has 6 aliphatic rings. The normalized spacial score (nSPS) is 43.1. The molecule has 2 saturated carbocycles. The molecule has 0 aromatic rings. The second kappa shape index (κ2) is 10.9. The number of rotatable bonds is 6. The number of hydrogen-bond donors (Lipinski definition) is 0. The summed E-state index contributed by atoms with van der Waals surface area (Å²) in [5, 5.41) is 0. The van der Waals surface area contributed by atoms with Gasteiger partial charge in [-0.25, -0.2) is 9.59 Å². The van der Waals surface area contributed by atoms with Crippen molar-refractivity contribution in [2.45, 2.75) is 84.2 Å². The summed E-state index contributed by atoms with van der Waals surface area (Å²) in [4.78, 5) is 77.9. The lowest BCUT2D eigenvalue weighted by Crippen LogP contribution is -2.49. The van der Waals surface area contributed by atoms with Crippen molar-refractivity contribution in [2.75, 3.05) is 0 Å². The highest BCUT2D eigenvalue weighted by Crippen LogP contribution is 2.56. The molecule has 240 valence electrons. The molecule has 12 atom stereocenters. The van der Waals surface area contributed by atoms with E-state index in [1.165, 1.54) is 12.2 Å². The zero-order valence-electron chi connectivity index (χ0n) is 26.1. The summed E-state index contributed by atoms with van der Waals surface area (Å²) in [5.74, 6) is -4.46. The largest absolute Gasteiger partial charge is 0.460 e. The molecule has 2 aliphatic heterocycles. The fourth-order valence-corrected chi connectivity index (χ4v) is 9.07. The van der Waals surface area contributed by atoms with E-state index in [0.717, 1.165) is 0 Å². The van der Waals surface area contributed by atoms with Gasteiger partial charge in [-0.2, -0.15) is 0 Å². The Bertz CT molecular complexity index is 1360. The number of ether oxygens (including phenoxy) is 4. The Balaban J connectivity index is 1.15. The van der Waals surface area contributed by atoms with Crippen LogP contribution in [-0.4, -0.2) is 59.9 Å². The predicted octanol–water partition coefficient (Wildman–Crippen LogP) is 3.78. The lowest BCUT2D eigenvalue weighted by molar-refractivity contribution is -0.165. The minimum Gasteiger partial charge on any atom is -0.460 e. The standard InChI is InChI=1S/C35H40O10/c1-16-14-22-28(18(3)32(40)42-22)30(34(5)20(16)10-12-24(34)36)44-26(38)8-7-9-27(39)45-31-29-19(4)33(41)43-23(29)15-17(2)21-11-13-25(37)35(21,31)6/h10-13,16-17,20-23,28-31H,3-4,7-9,14-15H2,1-2,5-6H3/t16-,17+,20-,21-,22+,23-,28+,29+,30+,31-,34-,35-/m1/s1. The minimum atomic E-state index is -1.09. The zero-order chi connectivity index (χ0) is 32.6. The van der Waals surface area contributed by atoms with Crippen molar-refractivity contribution in [1.29, 1.82) is 0 Å². The highest BCUT2D eigenvalue weighted by Gasteiger charge is 2.63. The topological polar surface area (TPSA) is 139 Å². The average molecular weight is 621 g/mol. The van der Waals surface area contributed by atoms with Gasteiger partial charge < -0.3 is 18.9 Å². The molecule has 45 heavy (non-hydrogen) atoms. The summed E-state index contributed by atoms with van der Waals surface area (Å²) in [6.07, 6.45) is 4.50. The van der Waals surface area contributed by atoms with Gasteiger partial charge in [-0.3, -0.25) is 19.2 Å². The average Bonchev–Trinajstić information content (AvgIpc) is 3.60. The summed E-state index contributed by atoms with van der Waals surface area (Å²) in [7, 11) is 0. The van der Waals surface area contributed by atoms with Crippen LogP contribution < -0.4 is 0 Å². The predicted molar refractivity (Wildman–Crippen MR) is 158 cm³/mol. The van der Waals surface area contributed by atoms with E-state index in [1.807, 2.05) is 26.0 Å². The number of carbonyl (C=O) groups excluding carboxylic acids is 6. The summed E-state index contributed by atoms with van der Waals surface area (Å²) in [5.41, 5.74) is -1.81. The number of carbonyl (C=O) groups is 6. The molecule has 10 nitrogen and oxygen atoms in total. The molecule has 0 spiro atoms. The monoisotopic (exact) mass is 620 g/mol. The number of fused-ring (bicyclic) bond motifs is 4. The van der Waals surface area contributed by atoms with Gasteiger partial charge in [-0.15, -0.1) is 0 Å². The van der Waals surface area contributed by atoms with Crippen molar-refractivity contribution < 1.29 is 47.7 Å². The molecule has 2 heterocycles. The lowest BCUT2D eigenvalue weighted by Gasteiger charge is -2.39. The maximum atomic E-state index is 13.3. The van der Waals surface area contributed by atoms with E-state index in [4.69, 9.17) is 18.9 Å². The SMILES string of the molecule is C=C1C(=O)O[C@@H]2C[C@H](C)[C@H]3C=CC(=O)[C@]3(C)[C@H](OC(=O)CCCC(=O)O[C@H]3[C@H]4C(=C)C(=O)O[C@H]4C[C@@H](C)[C@H]4C=CC(=O)[C@@]43C)[C@@H]12. The van der Waals surface area contributed by atoms with Crippen LogP contribution in [-0.2, 0) is 47.7 Å². The van der Waals surface area contributed by atoms with Crippen LogP contribution >= 0.6 is 0 Å². The molecule has 4 fully saturated rings. The van der Waals surface area contributed by atoms with Gasteiger partial charge in [0.05, 0.1) is 22.7 Å². The van der Waals surface area contributed by atoms with Gasteiger partial charge in [-0.1, -0.05) is 39.2 Å². The molecule has 0 bridgehead atoms. The number of esters is 4. The Morgan fingerprint density at radius 3 is 1.51 bits per heavy atom. The van der Waals surface area contributed by atoms with Crippen molar-refractivity contribution in [1.82, 2.24) is 0 Å². The van der Waals surface area contributed by atoms with E-state index < -0.39 is 71.0 Å². The van der Waals surface area contributed by atoms with Crippen molar-refractivity contribution in [3.05, 3.63) is 48.6 Å². The van der Waals surface area contributed by atoms with Gasteiger partial charge in [0.25, 0.3) is 0 Å². The van der Waals surface area contributed by atoms with E-state index in [2.05, 4.69) is 13.2 Å². The molecule has 0 aromatic heterocycles. The van der Waals surface area contributed by atoms with Crippen LogP contribution in [0.1, 0.15) is 59.8 Å². The van der Waals surface area contributed by atoms with Crippen LogP contribution in [0.4, 0.5) is 0 Å². The van der Waals surface area contributed by atoms with E-state index in [-0.39, 0.29) is 65.6 Å². The fraction of sp³-hybridized carbons (Fsp3) is 0.600. The van der Waals surface area contributed by atoms with Crippen molar-refractivity contribution >= 4 is 35.4 Å². The third-order valence-electron chi connectivity index (χ3n) is 11.6. The fourth-order valence-electron chi connectivity index (χ4n) is 9.07. The van der Waals surface area contributed by atoms with E-state index in [9.17, 15) is 28.8 Å². The van der Waals surface area contributed by atoms with Crippen LogP contribution in [0.15, 0.2) is 48.6 Å². The van der Waals surface area contributed by atoms with Gasteiger partial charge >= 0.3 is 23.9 Å². The third-order valence-corrected chi connectivity index (χ3v) is 11.6. The first-order valence-corrected chi connectivity index (χ1v) is 15.8. The smallest absolute Gasteiger partial charge is 0.334 e. The molecule has 2 saturated heterocycles. The Kier molecular flexibility index (Phi) is 7.56. The molecule has 0 radical (unpaired) electrons. The Hall–Kier alpha value is -3.82. The number of allylic oxidation sites excluding steroid dienone is 4. The van der Waals surface area contributed by atoms with Crippen molar-refractivity contribution in [3.8, 4) is 0 Å². The first-order valence-electron chi connectivity index (χ1n) is 15.8. The van der Waals surface area contributed by atoms with Crippen LogP contribution in [0.2, 0.25) is 0 Å². The molecule has 0 aromatic carbocycles. The Morgan fingerprint density at radius 1 is 0.756 bits per heavy atom. The molecule has 0 amide bonds. The van der Waals surface area contributed by atoms with E-state index in [0.29, 0.717) is 12.8 Å². The molecular formula is C35H40O10. The van der Waals surface area contributed by atoms with Crippen molar-refractivity contribution in [3.63, 3.8) is 0 Å².